The van der Waals surface area contributed by atoms with Gasteiger partial charge in [-0.2, -0.15) is 0 Å². The van der Waals surface area contributed by atoms with E-state index >= 15 is 0 Å². The maximum atomic E-state index is 2.52. The molecule has 0 aliphatic heterocycles. The van der Waals surface area contributed by atoms with Gasteiger partial charge in [-0.3, -0.25) is 0 Å². The summed E-state index contributed by atoms with van der Waals surface area (Å²) in [5, 5.41) is 2.51. The van der Waals surface area contributed by atoms with E-state index in [1.165, 1.54) is 94.2 Å². The fourth-order valence-electron chi connectivity index (χ4n) is 12.2. The smallest absolute Gasteiger partial charge is 0.0710 e. The molecule has 3 aliphatic carbocycles. The highest BCUT2D eigenvalue weighted by Gasteiger charge is 2.48. The molecular formula is C67H49N. The minimum Gasteiger partial charge on any atom is -0.310 e. The summed E-state index contributed by atoms with van der Waals surface area (Å²) in [6.07, 6.45) is 6.87. The molecule has 322 valence electrons. The van der Waals surface area contributed by atoms with Crippen LogP contribution in [0.4, 0.5) is 17.1 Å². The van der Waals surface area contributed by atoms with Crippen LogP contribution in [0.3, 0.4) is 0 Å². The number of benzene rings is 10. The van der Waals surface area contributed by atoms with Gasteiger partial charge in [-0.25, -0.2) is 0 Å². The maximum Gasteiger partial charge on any atom is 0.0710 e. The van der Waals surface area contributed by atoms with Crippen molar-refractivity contribution in [2.24, 2.45) is 0 Å². The third kappa shape index (κ3) is 6.02. The molecular weight excluding hydrogens is 819 g/mol. The van der Waals surface area contributed by atoms with Crippen LogP contribution in [0.1, 0.15) is 58.7 Å². The van der Waals surface area contributed by atoms with Crippen molar-refractivity contribution in [1.82, 2.24) is 0 Å². The Labute approximate surface area is 399 Å². The first-order valence-electron chi connectivity index (χ1n) is 24.1. The van der Waals surface area contributed by atoms with Crippen molar-refractivity contribution in [2.75, 3.05) is 4.90 Å². The predicted octanol–water partition coefficient (Wildman–Crippen LogP) is 17.4. The minimum atomic E-state index is -0.483. The first kappa shape index (κ1) is 40.1. The topological polar surface area (TPSA) is 3.24 Å². The largest absolute Gasteiger partial charge is 0.310 e. The highest BCUT2D eigenvalue weighted by molar-refractivity contribution is 5.98. The lowest BCUT2D eigenvalue weighted by molar-refractivity contribution is 0.714. The molecule has 1 unspecified atom stereocenters. The fraction of sp³-hybridized carbons (Fsp3) is 0.0746. The van der Waals surface area contributed by atoms with Crippen molar-refractivity contribution in [1.29, 1.82) is 0 Å². The van der Waals surface area contributed by atoms with Crippen molar-refractivity contribution in [3.05, 3.63) is 299 Å². The highest BCUT2D eigenvalue weighted by atomic mass is 15.1. The number of nitrogens with zero attached hydrogens (tertiary/aromatic N) is 1. The summed E-state index contributed by atoms with van der Waals surface area (Å²) in [4.78, 5) is 2.51. The number of hydrogen-bond acceptors (Lipinski definition) is 1. The Hall–Kier alpha value is -8.26. The molecule has 68 heavy (non-hydrogen) atoms. The molecule has 0 saturated carbocycles. The highest BCUT2D eigenvalue weighted by Crippen LogP contribution is 2.59. The maximum absolute atomic E-state index is 2.52. The molecule has 3 aliphatic rings. The van der Waals surface area contributed by atoms with Gasteiger partial charge in [0.25, 0.3) is 0 Å². The average Bonchev–Trinajstić information content (AvgIpc) is 3.86. The Morgan fingerprint density at radius 2 is 0.941 bits per heavy atom. The molecule has 0 radical (unpaired) electrons. The predicted molar refractivity (Wildman–Crippen MR) is 285 cm³/mol. The summed E-state index contributed by atoms with van der Waals surface area (Å²) < 4.78 is 0. The monoisotopic (exact) mass is 867 g/mol. The summed E-state index contributed by atoms with van der Waals surface area (Å²) in [6.45, 7) is 2.43. The van der Waals surface area contributed by atoms with Crippen LogP contribution < -0.4 is 4.90 Å². The summed E-state index contributed by atoms with van der Waals surface area (Å²) >= 11 is 0. The lowest BCUT2D eigenvalue weighted by Crippen LogP contribution is -2.29. The molecule has 0 bridgehead atoms. The molecule has 0 amide bonds. The van der Waals surface area contributed by atoms with E-state index in [2.05, 4.69) is 267 Å². The summed E-state index contributed by atoms with van der Waals surface area (Å²) in [6, 6.07) is 90.5. The molecule has 0 fully saturated rings. The van der Waals surface area contributed by atoms with E-state index in [9.17, 15) is 0 Å². The van der Waals surface area contributed by atoms with Gasteiger partial charge in [0.1, 0.15) is 0 Å². The average molecular weight is 868 g/mol. The fourth-order valence-corrected chi connectivity index (χ4v) is 12.2. The van der Waals surface area contributed by atoms with Crippen molar-refractivity contribution in [3.8, 4) is 33.4 Å². The zero-order chi connectivity index (χ0) is 45.2. The lowest BCUT2D eigenvalue weighted by Gasteiger charge is -2.36. The second-order valence-electron chi connectivity index (χ2n) is 18.8. The molecule has 10 aromatic rings. The van der Waals surface area contributed by atoms with Gasteiger partial charge in [0.2, 0.25) is 0 Å². The first-order chi connectivity index (χ1) is 33.6. The van der Waals surface area contributed by atoms with Crippen LogP contribution in [0.25, 0.3) is 49.7 Å². The Kier molecular flexibility index (Phi) is 9.41. The third-order valence-corrected chi connectivity index (χ3v) is 15.3. The summed E-state index contributed by atoms with van der Waals surface area (Å²) in [7, 11) is 0. The minimum absolute atomic E-state index is 0.403. The van der Waals surface area contributed by atoms with Crippen LogP contribution in [-0.4, -0.2) is 0 Å². The Morgan fingerprint density at radius 1 is 0.397 bits per heavy atom. The van der Waals surface area contributed by atoms with E-state index in [0.29, 0.717) is 0 Å². The number of hydrogen-bond donors (Lipinski definition) is 0. The number of anilines is 3. The SMILES string of the molecule is CC1(c2ccccc2)c2cc(N(c3ccc(-c4cccc5ccccc45)cc3)c3ccc4c(c3)C(c3ccccc3)(c3ccccc3)C3=C4CCC=C3)ccc2-c2c(-c3ccccc3)cccc21. The second-order valence-corrected chi connectivity index (χ2v) is 18.8. The van der Waals surface area contributed by atoms with Gasteiger partial charge in [0, 0.05) is 22.5 Å². The van der Waals surface area contributed by atoms with Crippen LogP contribution in [-0.2, 0) is 10.8 Å². The van der Waals surface area contributed by atoms with Crippen molar-refractivity contribution in [3.63, 3.8) is 0 Å². The van der Waals surface area contributed by atoms with Crippen molar-refractivity contribution in [2.45, 2.75) is 30.6 Å². The third-order valence-electron chi connectivity index (χ3n) is 15.3. The van der Waals surface area contributed by atoms with Crippen LogP contribution >= 0.6 is 0 Å². The molecule has 1 nitrogen and oxygen atoms in total. The van der Waals surface area contributed by atoms with E-state index in [-0.39, 0.29) is 0 Å². The van der Waals surface area contributed by atoms with Gasteiger partial charge in [0.05, 0.1) is 5.41 Å². The zero-order valence-electron chi connectivity index (χ0n) is 38.1. The molecule has 1 heteroatoms. The van der Waals surface area contributed by atoms with Crippen LogP contribution in [0.5, 0.6) is 0 Å². The van der Waals surface area contributed by atoms with Crippen molar-refractivity contribution >= 4 is 33.4 Å². The number of allylic oxidation sites excluding steroid dienone is 4. The van der Waals surface area contributed by atoms with E-state index in [1.807, 2.05) is 0 Å². The molecule has 1 atom stereocenters. The number of rotatable bonds is 8. The Bertz CT molecular complexity index is 3560. The van der Waals surface area contributed by atoms with Crippen molar-refractivity contribution < 1.29 is 0 Å². The van der Waals surface area contributed by atoms with Gasteiger partial charge in [0.15, 0.2) is 0 Å². The molecule has 0 saturated heterocycles. The van der Waals surface area contributed by atoms with E-state index in [1.54, 1.807) is 0 Å². The van der Waals surface area contributed by atoms with E-state index in [4.69, 9.17) is 0 Å². The van der Waals surface area contributed by atoms with Gasteiger partial charge in [-0.15, -0.1) is 0 Å². The van der Waals surface area contributed by atoms with Gasteiger partial charge < -0.3 is 4.90 Å². The van der Waals surface area contributed by atoms with Crippen LogP contribution in [0.2, 0.25) is 0 Å². The Morgan fingerprint density at radius 3 is 1.65 bits per heavy atom. The van der Waals surface area contributed by atoms with Gasteiger partial charge >= 0.3 is 0 Å². The molecule has 0 aromatic heterocycles. The normalized spacial score (nSPS) is 16.2. The standard InChI is InChI=1S/C67H49N/c1-66(49-24-8-3-9-25-49)62-35-19-33-57(47-20-6-2-7-21-47)65(62)60-43-41-53(44-63(60)66)68(52-38-36-48(37-39-52)56-32-18-23-46-22-14-15-30-55(46)56)54-40-42-59-58-31-16-17-34-61(58)67(64(59)45-54,50-26-10-4-11-27-50)51-28-12-5-13-29-51/h2-15,17-30,32-45H,16,31H2,1H3. The van der Waals surface area contributed by atoms with Crippen LogP contribution in [0.15, 0.2) is 260 Å². The zero-order valence-corrected chi connectivity index (χ0v) is 38.1. The van der Waals surface area contributed by atoms with E-state index in [0.717, 1.165) is 29.9 Å². The first-order valence-corrected chi connectivity index (χ1v) is 24.1. The quantitative estimate of drug-likeness (QED) is 0.147. The van der Waals surface area contributed by atoms with Gasteiger partial charge in [-0.05, 0) is 150 Å². The summed E-state index contributed by atoms with van der Waals surface area (Å²) in [5.74, 6) is 0. The second kappa shape index (κ2) is 16.0. The Balaban J connectivity index is 1.05. The molecule has 0 heterocycles. The number of fused-ring (bicyclic) bond motifs is 6. The summed E-state index contributed by atoms with van der Waals surface area (Å²) in [5.41, 5.74) is 22.0. The van der Waals surface area contributed by atoms with Crippen LogP contribution in [0, 0.1) is 0 Å². The molecule has 10 aromatic carbocycles. The molecule has 0 N–H and O–H groups in total. The lowest BCUT2D eigenvalue weighted by atomic mass is 9.66. The molecule has 13 rings (SSSR count). The molecule has 0 spiro atoms. The van der Waals surface area contributed by atoms with E-state index < -0.39 is 10.8 Å². The van der Waals surface area contributed by atoms with Gasteiger partial charge in [-0.1, -0.05) is 218 Å².